The highest BCUT2D eigenvalue weighted by atomic mass is 16.7. The fourth-order valence-electron chi connectivity index (χ4n) is 2.91. The van der Waals surface area contributed by atoms with Crippen LogP contribution in [0.2, 0.25) is 0 Å². The molecule has 0 atom stereocenters. The van der Waals surface area contributed by atoms with E-state index in [2.05, 4.69) is 13.8 Å². The molecule has 2 aliphatic rings. The predicted octanol–water partition coefficient (Wildman–Crippen LogP) is 1.25. The first-order chi connectivity index (χ1) is 10.4. The Bertz CT molecular complexity index is 395. The number of piperidine rings is 1. The van der Waals surface area contributed by atoms with Gasteiger partial charge >= 0.3 is 0 Å². The number of hydrogen-bond acceptors (Lipinski definition) is 4. The summed E-state index contributed by atoms with van der Waals surface area (Å²) in [6.45, 7) is 9.13. The van der Waals surface area contributed by atoms with Gasteiger partial charge in [-0.05, 0) is 12.3 Å². The summed E-state index contributed by atoms with van der Waals surface area (Å²) < 4.78 is 11.3. The number of carbonyl (C=O) groups is 2. The van der Waals surface area contributed by atoms with Gasteiger partial charge in [-0.3, -0.25) is 9.59 Å². The van der Waals surface area contributed by atoms with Crippen LogP contribution < -0.4 is 0 Å². The highest BCUT2D eigenvalue weighted by Gasteiger charge is 2.40. The van der Waals surface area contributed by atoms with Crippen molar-refractivity contribution in [2.45, 2.75) is 45.8 Å². The summed E-state index contributed by atoms with van der Waals surface area (Å²) in [5.41, 5.74) is 0. The molecule has 0 aromatic heterocycles. The van der Waals surface area contributed by atoms with E-state index in [-0.39, 0.29) is 18.4 Å². The van der Waals surface area contributed by atoms with Crippen molar-refractivity contribution in [3.63, 3.8) is 0 Å². The van der Waals surface area contributed by atoms with Crippen molar-refractivity contribution in [1.82, 2.24) is 9.80 Å². The molecule has 0 saturated carbocycles. The lowest BCUT2D eigenvalue weighted by atomic mass is 10.0. The van der Waals surface area contributed by atoms with E-state index >= 15 is 0 Å². The van der Waals surface area contributed by atoms with Gasteiger partial charge < -0.3 is 19.3 Å². The summed E-state index contributed by atoms with van der Waals surface area (Å²) in [5.74, 6) is 0.0366. The minimum atomic E-state index is -0.464. The Balaban J connectivity index is 1.82. The molecule has 22 heavy (non-hydrogen) atoms. The maximum absolute atomic E-state index is 12.4. The number of rotatable bonds is 5. The Morgan fingerprint density at radius 3 is 2.27 bits per heavy atom. The molecule has 0 radical (unpaired) electrons. The second-order valence-electron chi connectivity index (χ2n) is 6.61. The first kappa shape index (κ1) is 17.2. The van der Waals surface area contributed by atoms with E-state index in [1.54, 1.807) is 4.90 Å². The van der Waals surface area contributed by atoms with Gasteiger partial charge in [0.15, 0.2) is 5.79 Å². The van der Waals surface area contributed by atoms with E-state index in [1.807, 2.05) is 4.90 Å². The molecule has 2 heterocycles. The number of amides is 2. The second-order valence-corrected chi connectivity index (χ2v) is 6.61. The van der Waals surface area contributed by atoms with Crippen molar-refractivity contribution in [2.24, 2.45) is 5.92 Å². The normalized spacial score (nSPS) is 20.6. The van der Waals surface area contributed by atoms with Crippen LogP contribution in [0, 0.1) is 5.92 Å². The molecule has 1 spiro atoms. The number of likely N-dealkylation sites (tertiary alicyclic amines) is 1. The molecular weight excluding hydrogens is 284 g/mol. The molecule has 0 unspecified atom stereocenters. The van der Waals surface area contributed by atoms with Crippen molar-refractivity contribution in [2.75, 3.05) is 39.4 Å². The molecular formula is C16H28N2O4. The van der Waals surface area contributed by atoms with Crippen LogP contribution in [0.4, 0.5) is 0 Å². The maximum Gasteiger partial charge on any atom is 0.242 e. The molecule has 0 aliphatic carbocycles. The minimum Gasteiger partial charge on any atom is -0.347 e. The van der Waals surface area contributed by atoms with Crippen LogP contribution >= 0.6 is 0 Å². The minimum absolute atomic E-state index is 0.0202. The molecule has 2 saturated heterocycles. The van der Waals surface area contributed by atoms with Crippen LogP contribution in [-0.4, -0.2) is 66.8 Å². The maximum atomic E-state index is 12.4. The third kappa shape index (κ3) is 4.43. The molecule has 0 bridgehead atoms. The van der Waals surface area contributed by atoms with Crippen molar-refractivity contribution in [3.05, 3.63) is 0 Å². The first-order valence-electron chi connectivity index (χ1n) is 8.23. The Labute approximate surface area is 132 Å². The zero-order valence-corrected chi connectivity index (χ0v) is 14.0. The van der Waals surface area contributed by atoms with Crippen LogP contribution in [0.1, 0.15) is 40.0 Å². The van der Waals surface area contributed by atoms with E-state index in [1.165, 1.54) is 6.92 Å². The van der Waals surface area contributed by atoms with Gasteiger partial charge in [-0.25, -0.2) is 0 Å². The van der Waals surface area contributed by atoms with Crippen LogP contribution in [0.15, 0.2) is 0 Å². The molecule has 6 nitrogen and oxygen atoms in total. The Kier molecular flexibility index (Phi) is 5.81. The topological polar surface area (TPSA) is 59.1 Å². The van der Waals surface area contributed by atoms with Gasteiger partial charge in [0.1, 0.15) is 0 Å². The molecule has 126 valence electrons. The van der Waals surface area contributed by atoms with E-state index < -0.39 is 5.79 Å². The smallest absolute Gasteiger partial charge is 0.242 e. The van der Waals surface area contributed by atoms with Gasteiger partial charge in [-0.2, -0.15) is 0 Å². The SMILES string of the molecule is CC(=O)N(CCC(C)C)CC(=O)N1CCC2(CC1)OCCO2. The second kappa shape index (κ2) is 7.42. The third-order valence-corrected chi connectivity index (χ3v) is 4.44. The van der Waals surface area contributed by atoms with Crippen molar-refractivity contribution in [1.29, 1.82) is 0 Å². The van der Waals surface area contributed by atoms with Gasteiger partial charge in [-0.15, -0.1) is 0 Å². The molecule has 0 aromatic carbocycles. The van der Waals surface area contributed by atoms with Crippen molar-refractivity contribution in [3.8, 4) is 0 Å². The van der Waals surface area contributed by atoms with E-state index in [9.17, 15) is 9.59 Å². The van der Waals surface area contributed by atoms with E-state index in [0.717, 1.165) is 6.42 Å². The number of ether oxygens (including phenoxy) is 2. The van der Waals surface area contributed by atoms with Crippen LogP contribution in [0.3, 0.4) is 0 Å². The lowest BCUT2D eigenvalue weighted by molar-refractivity contribution is -0.187. The fraction of sp³-hybridized carbons (Fsp3) is 0.875. The van der Waals surface area contributed by atoms with E-state index in [0.29, 0.717) is 51.6 Å². The summed E-state index contributed by atoms with van der Waals surface area (Å²) >= 11 is 0. The summed E-state index contributed by atoms with van der Waals surface area (Å²) in [4.78, 5) is 27.6. The first-order valence-corrected chi connectivity index (χ1v) is 8.23. The largest absolute Gasteiger partial charge is 0.347 e. The average molecular weight is 312 g/mol. The quantitative estimate of drug-likeness (QED) is 0.766. The van der Waals surface area contributed by atoms with Crippen LogP contribution in [-0.2, 0) is 19.1 Å². The number of nitrogens with zero attached hydrogens (tertiary/aromatic N) is 2. The van der Waals surface area contributed by atoms with Crippen LogP contribution in [0.25, 0.3) is 0 Å². The predicted molar refractivity (Wildman–Crippen MR) is 82.2 cm³/mol. The van der Waals surface area contributed by atoms with E-state index in [4.69, 9.17) is 9.47 Å². The zero-order valence-electron chi connectivity index (χ0n) is 14.0. The third-order valence-electron chi connectivity index (χ3n) is 4.44. The summed E-state index contributed by atoms with van der Waals surface area (Å²) in [6.07, 6.45) is 2.34. The molecule has 2 amide bonds. The monoisotopic (exact) mass is 312 g/mol. The summed E-state index contributed by atoms with van der Waals surface area (Å²) in [6, 6.07) is 0. The fourth-order valence-corrected chi connectivity index (χ4v) is 2.91. The van der Waals surface area contributed by atoms with Gasteiger partial charge in [0.25, 0.3) is 0 Å². The zero-order chi connectivity index (χ0) is 16.2. The lowest BCUT2D eigenvalue weighted by Gasteiger charge is -2.38. The molecule has 6 heteroatoms. The highest BCUT2D eigenvalue weighted by molar-refractivity contribution is 5.83. The lowest BCUT2D eigenvalue weighted by Crippen LogP contribution is -2.50. The van der Waals surface area contributed by atoms with Gasteiger partial charge in [0.05, 0.1) is 19.8 Å². The number of carbonyl (C=O) groups excluding carboxylic acids is 2. The van der Waals surface area contributed by atoms with Gasteiger partial charge in [0.2, 0.25) is 11.8 Å². The Morgan fingerprint density at radius 2 is 1.77 bits per heavy atom. The Hall–Kier alpha value is -1.14. The Morgan fingerprint density at radius 1 is 1.18 bits per heavy atom. The van der Waals surface area contributed by atoms with Crippen LogP contribution in [0.5, 0.6) is 0 Å². The van der Waals surface area contributed by atoms with Gasteiger partial charge in [0, 0.05) is 39.4 Å². The van der Waals surface area contributed by atoms with Crippen molar-refractivity contribution >= 4 is 11.8 Å². The molecule has 0 aromatic rings. The highest BCUT2D eigenvalue weighted by Crippen LogP contribution is 2.31. The number of hydrogen-bond donors (Lipinski definition) is 0. The molecule has 0 N–H and O–H groups in total. The molecule has 2 fully saturated rings. The van der Waals surface area contributed by atoms with Gasteiger partial charge in [-0.1, -0.05) is 13.8 Å². The molecule has 2 rings (SSSR count). The summed E-state index contributed by atoms with van der Waals surface area (Å²) in [5, 5.41) is 0. The molecule has 2 aliphatic heterocycles. The standard InChI is InChI=1S/C16H28N2O4/c1-13(2)4-7-18(14(3)19)12-15(20)17-8-5-16(6-9-17)21-10-11-22-16/h13H,4-12H2,1-3H3. The summed E-state index contributed by atoms with van der Waals surface area (Å²) in [7, 11) is 0. The average Bonchev–Trinajstić information content (AvgIpc) is 2.91. The van der Waals surface area contributed by atoms with Crippen molar-refractivity contribution < 1.29 is 19.1 Å².